The van der Waals surface area contributed by atoms with Gasteiger partial charge >= 0.3 is 0 Å². The van der Waals surface area contributed by atoms with E-state index in [0.717, 1.165) is 15.7 Å². The Morgan fingerprint density at radius 2 is 1.95 bits per heavy atom. The molecule has 2 aromatic carbocycles. The van der Waals surface area contributed by atoms with Crippen molar-refractivity contribution in [3.63, 3.8) is 0 Å². The summed E-state index contributed by atoms with van der Waals surface area (Å²) in [5, 5.41) is 13.8. The smallest absolute Gasteiger partial charge is 0.269 e. The van der Waals surface area contributed by atoms with Crippen LogP contribution in [0.25, 0.3) is 0 Å². The van der Waals surface area contributed by atoms with Crippen LogP contribution in [0.2, 0.25) is 0 Å². The van der Waals surface area contributed by atoms with Crippen molar-refractivity contribution in [3.05, 3.63) is 62.6 Å². The average molecular weight is 351 g/mol. The molecule has 0 spiro atoms. The molecule has 110 valence electrons. The van der Waals surface area contributed by atoms with Crippen LogP contribution in [0.5, 0.6) is 5.75 Å². The number of aryl methyl sites for hydroxylation is 1. The van der Waals surface area contributed by atoms with Crippen LogP contribution in [0.4, 0.5) is 11.4 Å². The van der Waals surface area contributed by atoms with Crippen molar-refractivity contribution in [3.8, 4) is 5.75 Å². The van der Waals surface area contributed by atoms with Crippen LogP contribution >= 0.6 is 15.9 Å². The van der Waals surface area contributed by atoms with Crippen molar-refractivity contribution in [2.45, 2.75) is 6.92 Å². The standard InChI is InChI=1S/C15H15BrN2O3/c1-11-10-12(16)2-7-15(11)17-8-9-21-14-5-3-13(4-6-14)18(19)20/h2-7,10,17H,8-9H2,1H3. The summed E-state index contributed by atoms with van der Waals surface area (Å²) in [4.78, 5) is 10.1. The van der Waals surface area contributed by atoms with Gasteiger partial charge in [-0.25, -0.2) is 0 Å². The summed E-state index contributed by atoms with van der Waals surface area (Å²) in [6.45, 7) is 3.16. The molecule has 0 aliphatic heterocycles. The minimum Gasteiger partial charge on any atom is -0.492 e. The molecule has 0 unspecified atom stereocenters. The van der Waals surface area contributed by atoms with Gasteiger partial charge < -0.3 is 10.1 Å². The van der Waals surface area contributed by atoms with Crippen LogP contribution in [0.15, 0.2) is 46.9 Å². The summed E-state index contributed by atoms with van der Waals surface area (Å²) in [5.74, 6) is 0.620. The summed E-state index contributed by atoms with van der Waals surface area (Å²) < 4.78 is 6.58. The molecule has 2 rings (SSSR count). The molecule has 0 atom stereocenters. The fourth-order valence-corrected chi connectivity index (χ4v) is 2.32. The Bertz CT molecular complexity index is 629. The summed E-state index contributed by atoms with van der Waals surface area (Å²) in [6.07, 6.45) is 0. The van der Waals surface area contributed by atoms with E-state index in [-0.39, 0.29) is 5.69 Å². The van der Waals surface area contributed by atoms with E-state index in [0.29, 0.717) is 18.9 Å². The lowest BCUT2D eigenvalue weighted by Gasteiger charge is -2.11. The molecule has 0 heterocycles. The van der Waals surface area contributed by atoms with E-state index in [9.17, 15) is 10.1 Å². The molecule has 0 aliphatic rings. The molecule has 0 bridgehead atoms. The van der Waals surface area contributed by atoms with Crippen LogP contribution in [-0.2, 0) is 0 Å². The predicted octanol–water partition coefficient (Wildman–Crippen LogP) is 4.16. The Hall–Kier alpha value is -2.08. The lowest BCUT2D eigenvalue weighted by atomic mass is 10.2. The van der Waals surface area contributed by atoms with Crippen LogP contribution in [-0.4, -0.2) is 18.1 Å². The van der Waals surface area contributed by atoms with E-state index < -0.39 is 4.92 Å². The van der Waals surface area contributed by atoms with Crippen LogP contribution in [0.3, 0.4) is 0 Å². The van der Waals surface area contributed by atoms with Crippen molar-refractivity contribution in [2.75, 3.05) is 18.5 Å². The number of benzene rings is 2. The second kappa shape index (κ2) is 7.08. The molecule has 0 saturated heterocycles. The number of nitrogens with one attached hydrogen (secondary N) is 1. The molecule has 6 heteroatoms. The topological polar surface area (TPSA) is 64.4 Å². The molecule has 0 aliphatic carbocycles. The summed E-state index contributed by atoms with van der Waals surface area (Å²) in [7, 11) is 0. The Morgan fingerprint density at radius 1 is 1.24 bits per heavy atom. The second-order valence-corrected chi connectivity index (χ2v) is 5.40. The minimum absolute atomic E-state index is 0.0611. The first-order valence-electron chi connectivity index (χ1n) is 6.43. The fraction of sp³-hybridized carbons (Fsp3) is 0.200. The lowest BCUT2D eigenvalue weighted by molar-refractivity contribution is -0.384. The first-order chi connectivity index (χ1) is 10.1. The molecule has 0 radical (unpaired) electrons. The number of non-ortho nitro benzene ring substituents is 1. The van der Waals surface area contributed by atoms with Gasteiger partial charge in [0.05, 0.1) is 4.92 Å². The highest BCUT2D eigenvalue weighted by atomic mass is 79.9. The molecule has 0 amide bonds. The van der Waals surface area contributed by atoms with Crippen molar-refractivity contribution in [1.82, 2.24) is 0 Å². The number of ether oxygens (including phenoxy) is 1. The SMILES string of the molecule is Cc1cc(Br)ccc1NCCOc1ccc([N+](=O)[O-])cc1. The highest BCUT2D eigenvalue weighted by Gasteiger charge is 2.04. The van der Waals surface area contributed by atoms with Gasteiger partial charge in [-0.1, -0.05) is 15.9 Å². The minimum atomic E-state index is -0.429. The fourth-order valence-electron chi connectivity index (χ4n) is 1.84. The zero-order valence-corrected chi connectivity index (χ0v) is 13.1. The first-order valence-corrected chi connectivity index (χ1v) is 7.23. The third-order valence-electron chi connectivity index (χ3n) is 2.92. The summed E-state index contributed by atoms with van der Waals surface area (Å²) in [6, 6.07) is 12.1. The first kappa shape index (κ1) is 15.3. The Labute approximate surface area is 131 Å². The van der Waals surface area contributed by atoms with Crippen molar-refractivity contribution < 1.29 is 9.66 Å². The molecular formula is C15H15BrN2O3. The van der Waals surface area contributed by atoms with Gasteiger partial charge in [-0.05, 0) is 42.8 Å². The zero-order valence-electron chi connectivity index (χ0n) is 11.5. The number of halogens is 1. The maximum absolute atomic E-state index is 10.5. The molecule has 5 nitrogen and oxygen atoms in total. The van der Waals surface area contributed by atoms with E-state index >= 15 is 0 Å². The third kappa shape index (κ3) is 4.46. The molecule has 0 saturated carbocycles. The number of rotatable bonds is 6. The number of nitro benzene ring substituents is 1. The number of anilines is 1. The Kier molecular flexibility index (Phi) is 5.16. The number of hydrogen-bond donors (Lipinski definition) is 1. The number of nitrogens with zero attached hydrogens (tertiary/aromatic N) is 1. The molecule has 1 N–H and O–H groups in total. The molecule has 0 aromatic heterocycles. The highest BCUT2D eigenvalue weighted by molar-refractivity contribution is 9.10. The van der Waals surface area contributed by atoms with E-state index in [1.165, 1.54) is 12.1 Å². The number of nitro groups is 1. The van der Waals surface area contributed by atoms with Gasteiger partial charge in [0.1, 0.15) is 12.4 Å². The van der Waals surface area contributed by atoms with Gasteiger partial charge in [0.2, 0.25) is 0 Å². The van der Waals surface area contributed by atoms with Crippen molar-refractivity contribution in [1.29, 1.82) is 0 Å². The largest absolute Gasteiger partial charge is 0.492 e. The van der Waals surface area contributed by atoms with Gasteiger partial charge in [0, 0.05) is 28.8 Å². The average Bonchev–Trinajstić information content (AvgIpc) is 2.46. The van der Waals surface area contributed by atoms with E-state index in [4.69, 9.17) is 4.74 Å². The predicted molar refractivity (Wildman–Crippen MR) is 86.0 cm³/mol. The van der Waals surface area contributed by atoms with E-state index in [1.807, 2.05) is 25.1 Å². The maximum atomic E-state index is 10.5. The second-order valence-electron chi connectivity index (χ2n) is 4.49. The van der Waals surface area contributed by atoms with E-state index in [1.54, 1.807) is 12.1 Å². The Morgan fingerprint density at radius 3 is 2.57 bits per heavy atom. The quantitative estimate of drug-likeness (QED) is 0.482. The van der Waals surface area contributed by atoms with Gasteiger partial charge in [-0.15, -0.1) is 0 Å². The van der Waals surface area contributed by atoms with Crippen molar-refractivity contribution in [2.24, 2.45) is 0 Å². The molecule has 2 aromatic rings. The van der Waals surface area contributed by atoms with Gasteiger partial charge in [0.25, 0.3) is 5.69 Å². The van der Waals surface area contributed by atoms with Gasteiger partial charge in [-0.3, -0.25) is 10.1 Å². The molecule has 0 fully saturated rings. The molecule has 21 heavy (non-hydrogen) atoms. The summed E-state index contributed by atoms with van der Waals surface area (Å²) >= 11 is 3.42. The molecular weight excluding hydrogens is 336 g/mol. The highest BCUT2D eigenvalue weighted by Crippen LogP contribution is 2.20. The zero-order chi connectivity index (χ0) is 15.2. The van der Waals surface area contributed by atoms with E-state index in [2.05, 4.69) is 21.2 Å². The normalized spacial score (nSPS) is 10.2. The number of hydrogen-bond acceptors (Lipinski definition) is 4. The monoisotopic (exact) mass is 350 g/mol. The van der Waals surface area contributed by atoms with Gasteiger partial charge in [0.15, 0.2) is 0 Å². The van der Waals surface area contributed by atoms with Crippen LogP contribution < -0.4 is 10.1 Å². The Balaban J connectivity index is 1.80. The third-order valence-corrected chi connectivity index (χ3v) is 3.42. The summed E-state index contributed by atoms with van der Waals surface area (Å²) in [5.41, 5.74) is 2.27. The van der Waals surface area contributed by atoms with Crippen LogP contribution in [0.1, 0.15) is 5.56 Å². The van der Waals surface area contributed by atoms with Crippen LogP contribution in [0, 0.1) is 17.0 Å². The lowest BCUT2D eigenvalue weighted by Crippen LogP contribution is -2.12. The van der Waals surface area contributed by atoms with Gasteiger partial charge in [-0.2, -0.15) is 0 Å². The maximum Gasteiger partial charge on any atom is 0.269 e. The van der Waals surface area contributed by atoms with Crippen molar-refractivity contribution >= 4 is 27.3 Å².